The molecule has 2 aliphatic rings. The molecule has 2 aromatic carbocycles. The number of alkyl halides is 3. The number of hydrogen-bond donors (Lipinski definition) is 3. The Morgan fingerprint density at radius 1 is 1.17 bits per heavy atom. The van der Waals surface area contributed by atoms with E-state index in [0.717, 1.165) is 34.7 Å². The molecule has 0 aromatic heterocycles. The number of aliphatic hydroxyl groups is 2. The maximum Gasteiger partial charge on any atom is 0.573 e. The molecule has 2 heterocycles. The summed E-state index contributed by atoms with van der Waals surface area (Å²) in [6.45, 7) is 2.92. The predicted molar refractivity (Wildman–Crippen MR) is 144 cm³/mol. The molecule has 0 bridgehead atoms. The number of aryl methyl sites for hydroxylation is 2. The summed E-state index contributed by atoms with van der Waals surface area (Å²) in [6, 6.07) is 6.07. The summed E-state index contributed by atoms with van der Waals surface area (Å²) in [6.07, 6.45) is -4.64. The van der Waals surface area contributed by atoms with Crippen molar-refractivity contribution in [2.24, 2.45) is 4.99 Å². The van der Waals surface area contributed by atoms with Crippen molar-refractivity contribution in [3.63, 3.8) is 0 Å². The highest BCUT2D eigenvalue weighted by molar-refractivity contribution is 7.92. The van der Waals surface area contributed by atoms with Crippen molar-refractivity contribution in [1.29, 1.82) is 0 Å². The fraction of sp³-hybridized carbons (Fsp3) is 0.407. The van der Waals surface area contributed by atoms with Crippen LogP contribution in [0.15, 0.2) is 40.7 Å². The molecule has 228 valence electrons. The van der Waals surface area contributed by atoms with Gasteiger partial charge in [0, 0.05) is 24.1 Å². The van der Waals surface area contributed by atoms with Crippen LogP contribution in [0.5, 0.6) is 11.5 Å². The van der Waals surface area contributed by atoms with Gasteiger partial charge in [-0.15, -0.1) is 13.2 Å². The van der Waals surface area contributed by atoms with Gasteiger partial charge in [0.1, 0.15) is 29.8 Å². The van der Waals surface area contributed by atoms with Crippen LogP contribution < -0.4 is 14.8 Å². The third kappa shape index (κ3) is 7.09. The van der Waals surface area contributed by atoms with E-state index in [0.29, 0.717) is 11.3 Å². The van der Waals surface area contributed by atoms with Crippen LogP contribution >= 0.6 is 0 Å². The number of halogens is 4. The first-order valence-corrected chi connectivity index (χ1v) is 14.3. The summed E-state index contributed by atoms with van der Waals surface area (Å²) in [5, 5.41) is 22.0. The molecule has 0 saturated carbocycles. The van der Waals surface area contributed by atoms with Crippen molar-refractivity contribution in [2.45, 2.75) is 44.7 Å². The molecule has 1 atom stereocenters. The highest BCUT2D eigenvalue weighted by atomic mass is 32.2. The van der Waals surface area contributed by atoms with Gasteiger partial charge >= 0.3 is 6.36 Å². The third-order valence-corrected chi connectivity index (χ3v) is 8.51. The van der Waals surface area contributed by atoms with Crippen LogP contribution in [0.1, 0.15) is 35.1 Å². The van der Waals surface area contributed by atoms with E-state index in [-0.39, 0.29) is 43.9 Å². The molecule has 42 heavy (non-hydrogen) atoms. The van der Waals surface area contributed by atoms with E-state index in [1.54, 1.807) is 26.0 Å². The molecule has 0 unspecified atom stereocenters. The molecule has 1 saturated heterocycles. The third-order valence-electron chi connectivity index (χ3n) is 6.95. The number of carbonyl (C=O) groups excluding carboxylic acids is 1. The average Bonchev–Trinajstić information content (AvgIpc) is 3.22. The Morgan fingerprint density at radius 3 is 2.40 bits per heavy atom. The fourth-order valence-corrected chi connectivity index (χ4v) is 5.89. The second kappa shape index (κ2) is 12.0. The van der Waals surface area contributed by atoms with Gasteiger partial charge < -0.3 is 25.0 Å². The van der Waals surface area contributed by atoms with E-state index in [4.69, 9.17) is 9.84 Å². The van der Waals surface area contributed by atoms with E-state index in [1.165, 1.54) is 10.4 Å². The number of benzene rings is 2. The highest BCUT2D eigenvalue weighted by Crippen LogP contribution is 2.34. The van der Waals surface area contributed by atoms with Crippen molar-refractivity contribution in [3.05, 3.63) is 63.8 Å². The van der Waals surface area contributed by atoms with E-state index in [2.05, 4.69) is 15.0 Å². The largest absolute Gasteiger partial charge is 0.573 e. The van der Waals surface area contributed by atoms with Gasteiger partial charge in [0.15, 0.2) is 11.6 Å². The number of nitrogens with zero attached hydrogens (tertiary/aromatic N) is 2. The Kier molecular flexibility index (Phi) is 8.97. The monoisotopic (exact) mass is 615 g/mol. The number of aliphatic hydroxyl groups excluding tert-OH is 2. The van der Waals surface area contributed by atoms with Crippen LogP contribution in [0.3, 0.4) is 0 Å². The minimum absolute atomic E-state index is 0.00518. The number of piperidine rings is 1. The molecule has 10 nitrogen and oxygen atoms in total. The Morgan fingerprint density at radius 2 is 1.81 bits per heavy atom. The minimum atomic E-state index is -5.12. The van der Waals surface area contributed by atoms with Gasteiger partial charge in [-0.3, -0.25) is 9.79 Å². The molecule has 2 aliphatic heterocycles. The first-order chi connectivity index (χ1) is 19.6. The quantitative estimate of drug-likeness (QED) is 0.369. The Labute approximate surface area is 239 Å². The zero-order valence-electron chi connectivity index (χ0n) is 22.6. The second-order valence-corrected chi connectivity index (χ2v) is 11.8. The normalized spacial score (nSPS) is 18.3. The Hall–Kier alpha value is -3.53. The second-order valence-electron chi connectivity index (χ2n) is 10.0. The molecule has 0 radical (unpaired) electrons. The highest BCUT2D eigenvalue weighted by Gasteiger charge is 2.47. The van der Waals surface area contributed by atoms with Gasteiger partial charge in [0.25, 0.3) is 5.91 Å². The number of nitrogens with one attached hydrogen (secondary N) is 1. The Bertz CT molecular complexity index is 1500. The summed E-state index contributed by atoms with van der Waals surface area (Å²) in [4.78, 5) is 17.2. The lowest BCUT2D eigenvalue weighted by Gasteiger charge is -2.34. The lowest BCUT2D eigenvalue weighted by atomic mass is 9.89. The van der Waals surface area contributed by atoms with Gasteiger partial charge in [-0.1, -0.05) is 0 Å². The maximum atomic E-state index is 13.8. The van der Waals surface area contributed by atoms with Crippen molar-refractivity contribution in [3.8, 4) is 11.5 Å². The zero-order chi connectivity index (χ0) is 30.9. The molecular formula is C27H29F4N3O7S. The van der Waals surface area contributed by atoms with Crippen LogP contribution in [0.2, 0.25) is 0 Å². The predicted octanol–water partition coefficient (Wildman–Crippen LogP) is 2.78. The zero-order valence-corrected chi connectivity index (χ0v) is 23.4. The summed E-state index contributed by atoms with van der Waals surface area (Å²) >= 11 is 0. The van der Waals surface area contributed by atoms with Crippen LogP contribution in [-0.4, -0.2) is 79.0 Å². The van der Waals surface area contributed by atoms with Crippen molar-refractivity contribution in [1.82, 2.24) is 9.62 Å². The molecule has 4 rings (SSSR count). The summed E-state index contributed by atoms with van der Waals surface area (Å²) < 4.78 is 88.2. The number of rotatable bonds is 9. The molecule has 1 fully saturated rings. The van der Waals surface area contributed by atoms with Crippen molar-refractivity contribution < 1.29 is 50.5 Å². The van der Waals surface area contributed by atoms with E-state index < -0.39 is 52.1 Å². The number of aliphatic imine (C=N–C) groups is 1. The lowest BCUT2D eigenvalue weighted by Crippen LogP contribution is -2.50. The SMILES string of the molecule is Cc1cc(OC[C@@H](O)CO)cc(C)c1C=CS(=O)(=O)N1CCC2(CC1)N=C(c1ccc(F)c(OC(F)(F)F)c1)NC2=O. The van der Waals surface area contributed by atoms with Gasteiger partial charge in [-0.2, -0.15) is 4.31 Å². The van der Waals surface area contributed by atoms with Gasteiger partial charge in [0.2, 0.25) is 10.0 Å². The number of ether oxygens (including phenoxy) is 2. The first-order valence-electron chi connectivity index (χ1n) is 12.8. The number of amidine groups is 1. The molecule has 2 aromatic rings. The van der Waals surface area contributed by atoms with E-state index >= 15 is 0 Å². The number of carbonyl (C=O) groups is 1. The fourth-order valence-electron chi connectivity index (χ4n) is 4.72. The number of amides is 1. The van der Waals surface area contributed by atoms with Gasteiger partial charge in [-0.05, 0) is 79.8 Å². The molecule has 3 N–H and O–H groups in total. The van der Waals surface area contributed by atoms with E-state index in [1.807, 2.05) is 0 Å². The molecule has 1 amide bonds. The molecule has 0 aliphatic carbocycles. The standard InChI is InChI=1S/C27H29F4N3O7S/c1-16-11-20(40-15-19(36)14-35)12-17(2)21(16)5-10-42(38,39)34-8-6-26(7-9-34)25(37)32-24(33-26)18-3-4-22(28)23(13-18)41-27(29,30)31/h3-5,10-13,19,35-36H,6-9,14-15H2,1-2H3,(H,32,33,37)/t19-/m0/s1. The van der Waals surface area contributed by atoms with Gasteiger partial charge in [0.05, 0.1) is 6.61 Å². The average molecular weight is 616 g/mol. The van der Waals surface area contributed by atoms with Crippen LogP contribution in [0.25, 0.3) is 6.08 Å². The topological polar surface area (TPSA) is 138 Å². The maximum absolute atomic E-state index is 13.8. The smallest absolute Gasteiger partial charge is 0.491 e. The first kappa shape index (κ1) is 31.4. The summed E-state index contributed by atoms with van der Waals surface area (Å²) in [5.41, 5.74) is 0.783. The summed E-state index contributed by atoms with van der Waals surface area (Å²) in [5.74, 6) is -2.45. The molecule has 15 heteroatoms. The van der Waals surface area contributed by atoms with Crippen LogP contribution in [-0.2, 0) is 14.8 Å². The van der Waals surface area contributed by atoms with Gasteiger partial charge in [-0.25, -0.2) is 12.8 Å². The van der Waals surface area contributed by atoms with Crippen molar-refractivity contribution >= 4 is 27.8 Å². The van der Waals surface area contributed by atoms with Crippen LogP contribution in [0.4, 0.5) is 17.6 Å². The number of sulfonamides is 1. The lowest BCUT2D eigenvalue weighted by molar-refractivity contribution is -0.275. The van der Waals surface area contributed by atoms with E-state index in [9.17, 15) is 35.9 Å². The number of hydrogen-bond acceptors (Lipinski definition) is 8. The molecular weight excluding hydrogens is 586 g/mol. The molecule has 1 spiro atoms. The Balaban J connectivity index is 1.45. The summed E-state index contributed by atoms with van der Waals surface area (Å²) in [7, 11) is -3.89. The van der Waals surface area contributed by atoms with Crippen molar-refractivity contribution in [2.75, 3.05) is 26.3 Å². The van der Waals surface area contributed by atoms with Crippen LogP contribution in [0, 0.1) is 19.7 Å². The minimum Gasteiger partial charge on any atom is -0.491 e.